The SMILES string of the molecule is Cc1cc(C)c(Cn2c(C)nc3c2CCCC3)c(C)c1. The standard InChI is InChI=1S/C18H24N2/c1-12-9-13(2)16(14(3)10-12)11-20-15(4)19-17-7-5-6-8-18(17)20/h9-10H,5-8,11H2,1-4H3. The van der Waals surface area contributed by atoms with Gasteiger partial charge in [-0.15, -0.1) is 0 Å². The Kier molecular flexibility index (Phi) is 3.41. The van der Waals surface area contributed by atoms with Crippen molar-refractivity contribution in [2.24, 2.45) is 0 Å². The van der Waals surface area contributed by atoms with Crippen LogP contribution in [0.15, 0.2) is 12.1 Å². The second kappa shape index (κ2) is 5.08. The molecule has 1 aromatic carbocycles. The smallest absolute Gasteiger partial charge is 0.106 e. The van der Waals surface area contributed by atoms with Gasteiger partial charge in [-0.1, -0.05) is 17.7 Å². The van der Waals surface area contributed by atoms with E-state index in [2.05, 4.69) is 44.4 Å². The molecule has 3 rings (SSSR count). The molecule has 0 bridgehead atoms. The Labute approximate surface area is 121 Å². The van der Waals surface area contributed by atoms with E-state index in [4.69, 9.17) is 4.98 Å². The summed E-state index contributed by atoms with van der Waals surface area (Å²) in [7, 11) is 0. The summed E-state index contributed by atoms with van der Waals surface area (Å²) in [6, 6.07) is 4.59. The fraction of sp³-hybridized carbons (Fsp3) is 0.500. The second-order valence-electron chi connectivity index (χ2n) is 6.22. The molecule has 1 aliphatic carbocycles. The molecule has 2 heteroatoms. The van der Waals surface area contributed by atoms with Crippen LogP contribution in [0.25, 0.3) is 0 Å². The number of aryl methyl sites for hydroxylation is 5. The lowest BCUT2D eigenvalue weighted by Gasteiger charge is -2.17. The summed E-state index contributed by atoms with van der Waals surface area (Å²) in [5, 5.41) is 0. The Morgan fingerprint density at radius 3 is 2.35 bits per heavy atom. The van der Waals surface area contributed by atoms with E-state index in [1.54, 1.807) is 0 Å². The first-order chi connectivity index (χ1) is 9.56. The molecule has 106 valence electrons. The normalized spacial score (nSPS) is 14.4. The van der Waals surface area contributed by atoms with Crippen LogP contribution in [0.2, 0.25) is 0 Å². The summed E-state index contributed by atoms with van der Waals surface area (Å²) in [5.41, 5.74) is 8.45. The Bertz CT molecular complexity index is 627. The van der Waals surface area contributed by atoms with Crippen LogP contribution in [-0.2, 0) is 19.4 Å². The van der Waals surface area contributed by atoms with Gasteiger partial charge in [-0.3, -0.25) is 0 Å². The molecule has 0 fully saturated rings. The van der Waals surface area contributed by atoms with Gasteiger partial charge < -0.3 is 4.57 Å². The quantitative estimate of drug-likeness (QED) is 0.803. The van der Waals surface area contributed by atoms with Gasteiger partial charge in [-0.2, -0.15) is 0 Å². The Hall–Kier alpha value is -1.57. The molecule has 0 aliphatic heterocycles. The van der Waals surface area contributed by atoms with Gasteiger partial charge in [0, 0.05) is 12.2 Å². The lowest BCUT2D eigenvalue weighted by molar-refractivity contribution is 0.623. The molecule has 1 aromatic heterocycles. The summed E-state index contributed by atoms with van der Waals surface area (Å²) < 4.78 is 2.44. The molecule has 0 saturated heterocycles. The maximum Gasteiger partial charge on any atom is 0.106 e. The minimum absolute atomic E-state index is 0.978. The molecule has 0 amide bonds. The second-order valence-corrected chi connectivity index (χ2v) is 6.22. The zero-order chi connectivity index (χ0) is 14.3. The predicted molar refractivity (Wildman–Crippen MR) is 83.4 cm³/mol. The molecule has 2 nitrogen and oxygen atoms in total. The van der Waals surface area contributed by atoms with Crippen molar-refractivity contribution >= 4 is 0 Å². The summed E-state index contributed by atoms with van der Waals surface area (Å²) in [5.74, 6) is 1.18. The number of fused-ring (bicyclic) bond motifs is 1. The van der Waals surface area contributed by atoms with Crippen molar-refractivity contribution in [2.75, 3.05) is 0 Å². The molecule has 0 N–H and O–H groups in total. The highest BCUT2D eigenvalue weighted by atomic mass is 15.1. The summed E-state index contributed by atoms with van der Waals surface area (Å²) in [6.07, 6.45) is 4.96. The molecule has 20 heavy (non-hydrogen) atoms. The van der Waals surface area contributed by atoms with Crippen molar-refractivity contribution in [3.63, 3.8) is 0 Å². The topological polar surface area (TPSA) is 17.8 Å². The molecular formula is C18H24N2. The predicted octanol–water partition coefficient (Wildman–Crippen LogP) is 4.04. The Balaban J connectivity index is 2.02. The largest absolute Gasteiger partial charge is 0.328 e. The molecule has 0 saturated carbocycles. The maximum absolute atomic E-state index is 4.79. The summed E-state index contributed by atoms with van der Waals surface area (Å²) >= 11 is 0. The van der Waals surface area contributed by atoms with Crippen LogP contribution >= 0.6 is 0 Å². The zero-order valence-corrected chi connectivity index (χ0v) is 13.1. The van der Waals surface area contributed by atoms with Crippen LogP contribution < -0.4 is 0 Å². The van der Waals surface area contributed by atoms with E-state index in [-0.39, 0.29) is 0 Å². The third-order valence-corrected chi connectivity index (χ3v) is 4.58. The summed E-state index contributed by atoms with van der Waals surface area (Å²) in [6.45, 7) is 9.76. The van der Waals surface area contributed by atoms with Crippen molar-refractivity contribution in [1.82, 2.24) is 9.55 Å². The lowest BCUT2D eigenvalue weighted by atomic mass is 9.98. The van der Waals surface area contributed by atoms with Crippen LogP contribution in [-0.4, -0.2) is 9.55 Å². The van der Waals surface area contributed by atoms with Gasteiger partial charge in [0.15, 0.2) is 0 Å². The highest BCUT2D eigenvalue weighted by molar-refractivity contribution is 5.38. The highest BCUT2D eigenvalue weighted by Crippen LogP contribution is 2.25. The monoisotopic (exact) mass is 268 g/mol. The number of hydrogen-bond acceptors (Lipinski definition) is 1. The number of nitrogens with zero attached hydrogens (tertiary/aromatic N) is 2. The van der Waals surface area contributed by atoms with E-state index in [9.17, 15) is 0 Å². The molecule has 0 unspecified atom stereocenters. The Morgan fingerprint density at radius 2 is 1.65 bits per heavy atom. The first-order valence-electron chi connectivity index (χ1n) is 7.68. The fourth-order valence-corrected chi connectivity index (χ4v) is 3.56. The van der Waals surface area contributed by atoms with Crippen molar-refractivity contribution in [3.05, 3.63) is 51.6 Å². The number of hydrogen-bond donors (Lipinski definition) is 0. The molecule has 2 aromatic rings. The van der Waals surface area contributed by atoms with Gasteiger partial charge in [-0.05, 0) is 70.1 Å². The van der Waals surface area contributed by atoms with Gasteiger partial charge in [0.25, 0.3) is 0 Å². The molecular weight excluding hydrogens is 244 g/mol. The van der Waals surface area contributed by atoms with Crippen LogP contribution in [0.5, 0.6) is 0 Å². The third kappa shape index (κ3) is 2.28. The highest BCUT2D eigenvalue weighted by Gasteiger charge is 2.18. The van der Waals surface area contributed by atoms with Crippen molar-refractivity contribution in [3.8, 4) is 0 Å². The number of imidazole rings is 1. The maximum atomic E-state index is 4.79. The molecule has 0 spiro atoms. The molecule has 0 radical (unpaired) electrons. The zero-order valence-electron chi connectivity index (χ0n) is 13.1. The fourth-order valence-electron chi connectivity index (χ4n) is 3.56. The average Bonchev–Trinajstić information content (AvgIpc) is 2.69. The van der Waals surface area contributed by atoms with Crippen LogP contribution in [0.3, 0.4) is 0 Å². The number of aromatic nitrogens is 2. The first kappa shape index (κ1) is 13.4. The first-order valence-corrected chi connectivity index (χ1v) is 7.68. The van der Waals surface area contributed by atoms with E-state index >= 15 is 0 Å². The van der Waals surface area contributed by atoms with E-state index < -0.39 is 0 Å². The third-order valence-electron chi connectivity index (χ3n) is 4.58. The van der Waals surface area contributed by atoms with E-state index in [1.165, 1.54) is 58.7 Å². The van der Waals surface area contributed by atoms with E-state index in [1.807, 2.05) is 0 Å². The number of rotatable bonds is 2. The average molecular weight is 268 g/mol. The summed E-state index contributed by atoms with van der Waals surface area (Å²) in [4.78, 5) is 4.79. The lowest BCUT2D eigenvalue weighted by Crippen LogP contribution is -2.12. The van der Waals surface area contributed by atoms with E-state index in [0.717, 1.165) is 13.0 Å². The minimum atomic E-state index is 0.978. The molecule has 1 aliphatic rings. The van der Waals surface area contributed by atoms with Crippen molar-refractivity contribution in [2.45, 2.75) is 59.9 Å². The van der Waals surface area contributed by atoms with Crippen LogP contribution in [0.1, 0.15) is 52.3 Å². The Morgan fingerprint density at radius 1 is 1.00 bits per heavy atom. The number of benzene rings is 1. The van der Waals surface area contributed by atoms with Gasteiger partial charge >= 0.3 is 0 Å². The van der Waals surface area contributed by atoms with Gasteiger partial charge in [0.05, 0.1) is 5.69 Å². The van der Waals surface area contributed by atoms with Gasteiger partial charge in [0.1, 0.15) is 5.82 Å². The van der Waals surface area contributed by atoms with Crippen LogP contribution in [0.4, 0.5) is 0 Å². The van der Waals surface area contributed by atoms with Gasteiger partial charge in [-0.25, -0.2) is 4.98 Å². The minimum Gasteiger partial charge on any atom is -0.328 e. The van der Waals surface area contributed by atoms with Crippen molar-refractivity contribution in [1.29, 1.82) is 0 Å². The van der Waals surface area contributed by atoms with E-state index in [0.29, 0.717) is 0 Å². The van der Waals surface area contributed by atoms with Gasteiger partial charge in [0.2, 0.25) is 0 Å². The van der Waals surface area contributed by atoms with Crippen LogP contribution in [0, 0.1) is 27.7 Å². The van der Waals surface area contributed by atoms with Crippen molar-refractivity contribution < 1.29 is 0 Å². The molecule has 0 atom stereocenters. The molecule has 1 heterocycles.